The molecule has 0 aliphatic heterocycles. The summed E-state index contributed by atoms with van der Waals surface area (Å²) in [7, 11) is 2.87. The van der Waals surface area contributed by atoms with E-state index in [0.717, 1.165) is 5.06 Å². The zero-order valence-corrected chi connectivity index (χ0v) is 9.35. The number of nitrogens with one attached hydrogen (secondary N) is 1. The molecule has 0 spiro atoms. The van der Waals surface area contributed by atoms with Gasteiger partial charge in [0.25, 0.3) is 5.91 Å². The largest absolute Gasteiger partial charge is 0.324 e. The van der Waals surface area contributed by atoms with Crippen LogP contribution in [0.25, 0.3) is 0 Å². The smallest absolute Gasteiger partial charge is 0.279 e. The predicted octanol–water partition coefficient (Wildman–Crippen LogP) is 0.673. The van der Waals surface area contributed by atoms with E-state index in [9.17, 15) is 9.59 Å². The van der Waals surface area contributed by atoms with Gasteiger partial charge in [-0.2, -0.15) is 0 Å². The van der Waals surface area contributed by atoms with E-state index in [1.54, 1.807) is 0 Å². The van der Waals surface area contributed by atoms with Crippen LogP contribution in [0.15, 0.2) is 18.5 Å². The molecule has 0 unspecified atom stereocenters. The molecule has 6 nitrogen and oxygen atoms in total. The lowest BCUT2D eigenvalue weighted by atomic mass is 10.2. The third-order valence-electron chi connectivity index (χ3n) is 1.92. The summed E-state index contributed by atoms with van der Waals surface area (Å²) in [4.78, 5) is 31.3. The molecule has 0 saturated carbocycles. The number of nitrogens with zero attached hydrogens (tertiary/aromatic N) is 2. The molecular weight excluding hydrogens is 210 g/mol. The topological polar surface area (TPSA) is 71.5 Å². The fourth-order valence-electron chi connectivity index (χ4n) is 1.12. The molecular formula is C10H13N3O3. The maximum atomic E-state index is 11.8. The third kappa shape index (κ3) is 2.77. The van der Waals surface area contributed by atoms with E-state index < -0.39 is 0 Å². The van der Waals surface area contributed by atoms with Crippen LogP contribution in [0.1, 0.15) is 17.3 Å². The minimum absolute atomic E-state index is 0.262. The Hall–Kier alpha value is -1.95. The molecule has 1 rings (SSSR count). The Morgan fingerprint density at radius 3 is 2.75 bits per heavy atom. The molecule has 86 valence electrons. The van der Waals surface area contributed by atoms with Crippen LogP contribution in [0.2, 0.25) is 0 Å². The van der Waals surface area contributed by atoms with Crippen molar-refractivity contribution in [1.82, 2.24) is 10.0 Å². The van der Waals surface area contributed by atoms with Gasteiger partial charge in [-0.3, -0.25) is 19.4 Å². The molecule has 2 amide bonds. The second-order valence-corrected chi connectivity index (χ2v) is 3.09. The fourth-order valence-corrected chi connectivity index (χ4v) is 1.12. The van der Waals surface area contributed by atoms with Gasteiger partial charge < -0.3 is 5.32 Å². The van der Waals surface area contributed by atoms with E-state index in [0.29, 0.717) is 11.3 Å². The molecule has 0 bridgehead atoms. The van der Waals surface area contributed by atoms with E-state index in [4.69, 9.17) is 4.84 Å². The Morgan fingerprint density at radius 2 is 2.19 bits per heavy atom. The van der Waals surface area contributed by atoms with Crippen LogP contribution in [-0.4, -0.2) is 36.0 Å². The van der Waals surface area contributed by atoms with Gasteiger partial charge in [0.15, 0.2) is 0 Å². The lowest BCUT2D eigenvalue weighted by molar-refractivity contribution is -0.114. The lowest BCUT2D eigenvalue weighted by Gasteiger charge is -2.15. The lowest BCUT2D eigenvalue weighted by Crippen LogP contribution is -2.26. The fraction of sp³-hybridized carbons (Fsp3) is 0.300. The van der Waals surface area contributed by atoms with Crippen LogP contribution in [0.3, 0.4) is 0 Å². The molecule has 0 aliphatic rings. The maximum Gasteiger partial charge on any atom is 0.279 e. The predicted molar refractivity (Wildman–Crippen MR) is 57.6 cm³/mol. The van der Waals surface area contributed by atoms with Gasteiger partial charge in [-0.1, -0.05) is 0 Å². The van der Waals surface area contributed by atoms with Crippen molar-refractivity contribution in [3.8, 4) is 0 Å². The van der Waals surface area contributed by atoms with Crippen molar-refractivity contribution in [3.63, 3.8) is 0 Å². The number of amides is 2. The summed E-state index contributed by atoms with van der Waals surface area (Å²) in [5.74, 6) is -0.615. The first kappa shape index (κ1) is 12.1. The molecule has 1 N–H and O–H groups in total. The molecule has 0 saturated heterocycles. The summed E-state index contributed by atoms with van der Waals surface area (Å²) in [5.41, 5.74) is 0.693. The van der Waals surface area contributed by atoms with Crippen molar-refractivity contribution in [3.05, 3.63) is 24.0 Å². The van der Waals surface area contributed by atoms with Crippen molar-refractivity contribution in [1.29, 1.82) is 0 Å². The number of hydrogen-bond donors (Lipinski definition) is 1. The second kappa shape index (κ2) is 5.22. The highest BCUT2D eigenvalue weighted by molar-refractivity contribution is 6.02. The van der Waals surface area contributed by atoms with Gasteiger partial charge in [0.05, 0.1) is 24.6 Å². The maximum absolute atomic E-state index is 11.8. The standard InChI is InChI=1S/C10H13N3O3/c1-7(14)12-9-6-11-5-4-8(9)10(15)13(2)16-3/h4-6H,1-3H3,(H,12,14). The zero-order valence-electron chi connectivity index (χ0n) is 9.35. The van der Waals surface area contributed by atoms with E-state index in [1.165, 1.54) is 39.5 Å². The minimum atomic E-state index is -0.353. The molecule has 0 aromatic carbocycles. The van der Waals surface area contributed by atoms with E-state index >= 15 is 0 Å². The highest BCUT2D eigenvalue weighted by Gasteiger charge is 2.16. The number of anilines is 1. The van der Waals surface area contributed by atoms with Crippen molar-refractivity contribution >= 4 is 17.5 Å². The highest BCUT2D eigenvalue weighted by atomic mass is 16.7. The van der Waals surface area contributed by atoms with Gasteiger partial charge in [0.2, 0.25) is 5.91 Å². The number of carbonyl (C=O) groups excluding carboxylic acids is 2. The van der Waals surface area contributed by atoms with Gasteiger partial charge in [0.1, 0.15) is 0 Å². The summed E-state index contributed by atoms with van der Waals surface area (Å²) < 4.78 is 0. The monoisotopic (exact) mass is 223 g/mol. The number of hydrogen-bond acceptors (Lipinski definition) is 4. The quantitative estimate of drug-likeness (QED) is 0.764. The second-order valence-electron chi connectivity index (χ2n) is 3.09. The first-order chi connectivity index (χ1) is 7.56. The van der Waals surface area contributed by atoms with E-state index in [1.807, 2.05) is 0 Å². The summed E-state index contributed by atoms with van der Waals surface area (Å²) in [6.45, 7) is 1.36. The van der Waals surface area contributed by atoms with Crippen LogP contribution >= 0.6 is 0 Å². The molecule has 0 atom stereocenters. The van der Waals surface area contributed by atoms with Crippen LogP contribution in [0.5, 0.6) is 0 Å². The minimum Gasteiger partial charge on any atom is -0.324 e. The Morgan fingerprint density at radius 1 is 1.50 bits per heavy atom. The van der Waals surface area contributed by atoms with Crippen molar-refractivity contribution in [2.75, 3.05) is 19.5 Å². The summed E-state index contributed by atoms with van der Waals surface area (Å²) in [6, 6.07) is 1.52. The molecule has 1 aromatic rings. The van der Waals surface area contributed by atoms with E-state index in [-0.39, 0.29) is 11.8 Å². The summed E-state index contributed by atoms with van der Waals surface area (Å²) in [6.07, 6.45) is 2.89. The van der Waals surface area contributed by atoms with Crippen molar-refractivity contribution < 1.29 is 14.4 Å². The Kier molecular flexibility index (Phi) is 3.96. The Labute approximate surface area is 93.2 Å². The van der Waals surface area contributed by atoms with Crippen LogP contribution < -0.4 is 5.32 Å². The van der Waals surface area contributed by atoms with Gasteiger partial charge >= 0.3 is 0 Å². The Balaban J connectivity index is 3.03. The normalized spacial score (nSPS) is 9.69. The number of hydroxylamine groups is 2. The van der Waals surface area contributed by atoms with E-state index in [2.05, 4.69) is 10.3 Å². The Bertz CT molecular complexity index is 406. The molecule has 0 radical (unpaired) electrons. The van der Waals surface area contributed by atoms with Crippen LogP contribution in [0.4, 0.5) is 5.69 Å². The number of carbonyl (C=O) groups is 2. The average Bonchev–Trinajstić information content (AvgIpc) is 2.27. The van der Waals surface area contributed by atoms with Gasteiger partial charge in [-0.05, 0) is 6.07 Å². The van der Waals surface area contributed by atoms with Gasteiger partial charge in [-0.25, -0.2) is 5.06 Å². The average molecular weight is 223 g/mol. The molecule has 1 aromatic heterocycles. The molecule has 0 aliphatic carbocycles. The van der Waals surface area contributed by atoms with Gasteiger partial charge in [0, 0.05) is 20.2 Å². The first-order valence-electron chi connectivity index (χ1n) is 4.60. The number of pyridine rings is 1. The third-order valence-corrected chi connectivity index (χ3v) is 1.92. The van der Waals surface area contributed by atoms with Crippen LogP contribution in [0, 0.1) is 0 Å². The molecule has 6 heteroatoms. The number of aromatic nitrogens is 1. The SMILES string of the molecule is CON(C)C(=O)c1ccncc1NC(C)=O. The highest BCUT2D eigenvalue weighted by Crippen LogP contribution is 2.15. The van der Waals surface area contributed by atoms with Crippen molar-refractivity contribution in [2.24, 2.45) is 0 Å². The first-order valence-corrected chi connectivity index (χ1v) is 4.60. The summed E-state index contributed by atoms with van der Waals surface area (Å²) >= 11 is 0. The molecule has 1 heterocycles. The summed E-state index contributed by atoms with van der Waals surface area (Å²) in [5, 5.41) is 3.60. The van der Waals surface area contributed by atoms with Crippen LogP contribution in [-0.2, 0) is 9.63 Å². The molecule has 16 heavy (non-hydrogen) atoms. The van der Waals surface area contributed by atoms with Gasteiger partial charge in [-0.15, -0.1) is 0 Å². The zero-order chi connectivity index (χ0) is 12.1. The number of rotatable bonds is 3. The van der Waals surface area contributed by atoms with Crippen molar-refractivity contribution in [2.45, 2.75) is 6.92 Å². The molecule has 0 fully saturated rings.